The Morgan fingerprint density at radius 3 is 2.69 bits per heavy atom. The molecule has 0 bridgehead atoms. The molecule has 0 aromatic carbocycles. The van der Waals surface area contributed by atoms with Gasteiger partial charge in [0.1, 0.15) is 0 Å². The van der Waals surface area contributed by atoms with E-state index in [1.165, 1.54) is 25.7 Å². The molecule has 1 heterocycles. The van der Waals surface area contributed by atoms with Crippen molar-refractivity contribution in [3.8, 4) is 0 Å². The number of nitrogens with two attached hydrogens (primary N) is 1. The van der Waals surface area contributed by atoms with Crippen LogP contribution in [-0.2, 0) is 6.42 Å². The second-order valence-electron chi connectivity index (χ2n) is 5.18. The van der Waals surface area contributed by atoms with E-state index in [-0.39, 0.29) is 6.04 Å². The molecule has 1 unspecified atom stereocenters. The largest absolute Gasteiger partial charge is 0.339 e. The monoisotopic (exact) mass is 223 g/mol. The van der Waals surface area contributed by atoms with Gasteiger partial charge < -0.3 is 10.3 Å². The van der Waals surface area contributed by atoms with Gasteiger partial charge in [-0.3, -0.25) is 0 Å². The number of rotatable bonds is 3. The fourth-order valence-corrected chi connectivity index (χ4v) is 2.31. The number of aromatic nitrogens is 2. The van der Waals surface area contributed by atoms with E-state index in [0.717, 1.165) is 11.7 Å². The van der Waals surface area contributed by atoms with Gasteiger partial charge in [-0.2, -0.15) is 4.98 Å². The van der Waals surface area contributed by atoms with Gasteiger partial charge in [-0.1, -0.05) is 24.9 Å². The van der Waals surface area contributed by atoms with Gasteiger partial charge in [0.25, 0.3) is 0 Å². The molecule has 0 amide bonds. The second-order valence-corrected chi connectivity index (χ2v) is 5.18. The lowest BCUT2D eigenvalue weighted by atomic mass is 9.83. The van der Waals surface area contributed by atoms with Crippen LogP contribution in [0.1, 0.15) is 57.2 Å². The molecule has 4 nitrogen and oxygen atoms in total. The summed E-state index contributed by atoms with van der Waals surface area (Å²) < 4.78 is 5.21. The Morgan fingerprint density at radius 2 is 2.06 bits per heavy atom. The highest BCUT2D eigenvalue weighted by atomic mass is 16.5. The predicted octanol–water partition coefficient (Wildman–Crippen LogP) is 2.25. The summed E-state index contributed by atoms with van der Waals surface area (Å²) in [6, 6.07) is 0.0830. The minimum absolute atomic E-state index is 0.0830. The number of nitrogens with zero attached hydrogens (tertiary/aromatic N) is 2. The minimum atomic E-state index is 0.0830. The lowest BCUT2D eigenvalue weighted by molar-refractivity contribution is 0.323. The van der Waals surface area contributed by atoms with Gasteiger partial charge >= 0.3 is 0 Å². The van der Waals surface area contributed by atoms with E-state index in [1.54, 1.807) is 0 Å². The van der Waals surface area contributed by atoms with Crippen LogP contribution in [0.25, 0.3) is 0 Å². The number of hydrogen-bond donors (Lipinski definition) is 1. The third-order valence-corrected chi connectivity index (χ3v) is 3.36. The van der Waals surface area contributed by atoms with Crippen molar-refractivity contribution < 1.29 is 4.52 Å². The van der Waals surface area contributed by atoms with Crippen LogP contribution in [0.5, 0.6) is 0 Å². The first kappa shape index (κ1) is 11.6. The summed E-state index contributed by atoms with van der Waals surface area (Å²) in [5.41, 5.74) is 5.70. The summed E-state index contributed by atoms with van der Waals surface area (Å²) in [6.07, 6.45) is 5.62. The molecule has 2 rings (SSSR count). The average Bonchev–Trinajstić information content (AvgIpc) is 2.66. The van der Waals surface area contributed by atoms with Crippen LogP contribution < -0.4 is 5.73 Å². The fraction of sp³-hybridized carbons (Fsp3) is 0.833. The van der Waals surface area contributed by atoms with E-state index < -0.39 is 0 Å². The summed E-state index contributed by atoms with van der Waals surface area (Å²) in [4.78, 5) is 4.44. The first-order valence-electron chi connectivity index (χ1n) is 6.23. The maximum absolute atomic E-state index is 5.70. The Morgan fingerprint density at radius 1 is 1.38 bits per heavy atom. The molecule has 1 fully saturated rings. The van der Waals surface area contributed by atoms with E-state index in [4.69, 9.17) is 10.3 Å². The smallest absolute Gasteiger partial charge is 0.228 e. The van der Waals surface area contributed by atoms with Crippen LogP contribution in [0, 0.1) is 5.92 Å². The summed E-state index contributed by atoms with van der Waals surface area (Å²) in [5.74, 6) is 2.93. The molecule has 2 N–H and O–H groups in total. The van der Waals surface area contributed by atoms with Crippen LogP contribution in [0.3, 0.4) is 0 Å². The number of hydrogen-bond acceptors (Lipinski definition) is 4. The highest BCUT2D eigenvalue weighted by Crippen LogP contribution is 2.33. The quantitative estimate of drug-likeness (QED) is 0.853. The molecule has 0 radical (unpaired) electrons. The molecule has 90 valence electrons. The molecule has 0 aliphatic heterocycles. The molecular weight excluding hydrogens is 202 g/mol. The van der Waals surface area contributed by atoms with E-state index in [0.29, 0.717) is 18.2 Å². The topological polar surface area (TPSA) is 64.9 Å². The molecule has 0 spiro atoms. The summed E-state index contributed by atoms with van der Waals surface area (Å²) in [7, 11) is 0. The van der Waals surface area contributed by atoms with Crippen molar-refractivity contribution in [2.24, 2.45) is 11.7 Å². The highest BCUT2D eigenvalue weighted by Gasteiger charge is 2.23. The maximum atomic E-state index is 5.70. The van der Waals surface area contributed by atoms with Crippen molar-refractivity contribution in [3.05, 3.63) is 11.7 Å². The summed E-state index contributed by atoms with van der Waals surface area (Å²) in [6.45, 7) is 4.26. The van der Waals surface area contributed by atoms with E-state index in [1.807, 2.05) is 6.92 Å². The summed E-state index contributed by atoms with van der Waals surface area (Å²) >= 11 is 0. The minimum Gasteiger partial charge on any atom is -0.339 e. The van der Waals surface area contributed by atoms with E-state index in [2.05, 4.69) is 17.1 Å². The lowest BCUT2D eigenvalue weighted by Crippen LogP contribution is -2.18. The van der Waals surface area contributed by atoms with Crippen LogP contribution in [0.4, 0.5) is 0 Å². The Hall–Kier alpha value is -0.900. The molecule has 1 aliphatic rings. The molecule has 1 aromatic heterocycles. The molecule has 1 aromatic rings. The molecule has 1 atom stereocenters. The van der Waals surface area contributed by atoms with Gasteiger partial charge in [0.2, 0.25) is 5.89 Å². The predicted molar refractivity (Wildman–Crippen MR) is 62.0 cm³/mol. The van der Waals surface area contributed by atoms with Crippen molar-refractivity contribution in [1.82, 2.24) is 10.1 Å². The zero-order valence-corrected chi connectivity index (χ0v) is 10.1. The average molecular weight is 223 g/mol. The van der Waals surface area contributed by atoms with Crippen molar-refractivity contribution in [3.63, 3.8) is 0 Å². The van der Waals surface area contributed by atoms with Crippen molar-refractivity contribution >= 4 is 0 Å². The Kier molecular flexibility index (Phi) is 3.59. The van der Waals surface area contributed by atoms with Crippen LogP contribution in [-0.4, -0.2) is 16.2 Å². The van der Waals surface area contributed by atoms with E-state index in [9.17, 15) is 0 Å². The first-order valence-corrected chi connectivity index (χ1v) is 6.23. The van der Waals surface area contributed by atoms with Gasteiger partial charge in [-0.05, 0) is 25.7 Å². The van der Waals surface area contributed by atoms with Gasteiger partial charge in [-0.15, -0.1) is 0 Å². The molecule has 1 aliphatic carbocycles. The molecule has 16 heavy (non-hydrogen) atoms. The third-order valence-electron chi connectivity index (χ3n) is 3.36. The molecule has 0 saturated heterocycles. The maximum Gasteiger partial charge on any atom is 0.228 e. The lowest BCUT2D eigenvalue weighted by Gasteiger charge is -2.23. The van der Waals surface area contributed by atoms with Crippen molar-refractivity contribution in [1.29, 1.82) is 0 Å². The van der Waals surface area contributed by atoms with Crippen LogP contribution in [0.15, 0.2) is 4.52 Å². The Balaban J connectivity index is 1.96. The molecule has 1 saturated carbocycles. The first-order chi connectivity index (χ1) is 7.65. The molecule has 4 heteroatoms. The SMILES string of the molecule is CC(N)Cc1nc(C2CCC(C)CC2)no1. The van der Waals surface area contributed by atoms with Crippen molar-refractivity contribution in [2.75, 3.05) is 0 Å². The fourth-order valence-electron chi connectivity index (χ4n) is 2.31. The van der Waals surface area contributed by atoms with Gasteiger partial charge in [0.15, 0.2) is 5.82 Å². The van der Waals surface area contributed by atoms with Gasteiger partial charge in [0.05, 0.1) is 0 Å². The van der Waals surface area contributed by atoms with E-state index >= 15 is 0 Å². The standard InChI is InChI=1S/C12H21N3O/c1-8-3-5-10(6-4-8)12-14-11(16-15-12)7-9(2)13/h8-10H,3-7,13H2,1-2H3. The third kappa shape index (κ3) is 2.82. The summed E-state index contributed by atoms with van der Waals surface area (Å²) in [5, 5.41) is 4.08. The normalized spacial score (nSPS) is 27.9. The van der Waals surface area contributed by atoms with Crippen LogP contribution >= 0.6 is 0 Å². The highest BCUT2D eigenvalue weighted by molar-refractivity contribution is 4.98. The second kappa shape index (κ2) is 4.95. The molecular formula is C12H21N3O. The van der Waals surface area contributed by atoms with Crippen LogP contribution in [0.2, 0.25) is 0 Å². The van der Waals surface area contributed by atoms with Crippen molar-refractivity contribution in [2.45, 2.75) is 57.9 Å². The van der Waals surface area contributed by atoms with Gasteiger partial charge in [-0.25, -0.2) is 0 Å². The zero-order valence-electron chi connectivity index (χ0n) is 10.1. The zero-order chi connectivity index (χ0) is 11.5. The van der Waals surface area contributed by atoms with Gasteiger partial charge in [0, 0.05) is 18.4 Å². The Bertz CT molecular complexity index is 327. The Labute approximate surface area is 96.6 Å².